The minimum Gasteiger partial charge on any atom is -0.388 e. The number of anilines is 1. The first-order valence-electron chi connectivity index (χ1n) is 8.07. The largest absolute Gasteiger partial charge is 0.388 e. The number of carbonyl (C=O) groups excluding carboxylic acids is 1. The van der Waals surface area contributed by atoms with Crippen LogP contribution in [0, 0.1) is 29.6 Å². The van der Waals surface area contributed by atoms with Gasteiger partial charge in [-0.15, -0.1) is 0 Å². The second-order valence-electron chi connectivity index (χ2n) is 7.12. The van der Waals surface area contributed by atoms with E-state index >= 15 is 0 Å². The summed E-state index contributed by atoms with van der Waals surface area (Å²) in [5.74, 6) is 3.91. The lowest BCUT2D eigenvalue weighted by Crippen LogP contribution is -2.48. The van der Waals surface area contributed by atoms with Crippen LogP contribution in [0.5, 0.6) is 0 Å². The van der Waals surface area contributed by atoms with Gasteiger partial charge in [0, 0.05) is 24.2 Å². The summed E-state index contributed by atoms with van der Waals surface area (Å²) in [6.07, 6.45) is 6.69. The predicted molar refractivity (Wildman–Crippen MR) is 80.9 cm³/mol. The highest BCUT2D eigenvalue weighted by atomic mass is 16.1. The third-order valence-corrected chi connectivity index (χ3v) is 5.99. The maximum Gasteiger partial charge on any atom is 0.168 e. The zero-order valence-corrected chi connectivity index (χ0v) is 12.1. The molecule has 0 unspecified atom stereocenters. The van der Waals surface area contributed by atoms with Crippen LogP contribution in [0.2, 0.25) is 0 Å². The normalized spacial score (nSPS) is 38.0. The Hall–Kier alpha value is -1.31. The van der Waals surface area contributed by atoms with E-state index < -0.39 is 0 Å². The average Bonchev–Trinajstić information content (AvgIpc) is 2.46. The van der Waals surface area contributed by atoms with E-state index in [1.807, 2.05) is 31.3 Å². The summed E-state index contributed by atoms with van der Waals surface area (Å²) in [6.45, 7) is 0. The smallest absolute Gasteiger partial charge is 0.168 e. The maximum absolute atomic E-state index is 13.1. The van der Waals surface area contributed by atoms with E-state index in [4.69, 9.17) is 0 Å². The summed E-state index contributed by atoms with van der Waals surface area (Å²) in [4.78, 5) is 13.1. The number of benzene rings is 1. The van der Waals surface area contributed by atoms with E-state index in [9.17, 15) is 4.79 Å². The van der Waals surface area contributed by atoms with Gasteiger partial charge in [-0.25, -0.2) is 0 Å². The van der Waals surface area contributed by atoms with Crippen molar-refractivity contribution in [2.24, 2.45) is 29.6 Å². The van der Waals surface area contributed by atoms with Crippen LogP contribution in [-0.4, -0.2) is 12.8 Å². The van der Waals surface area contributed by atoms with Crippen LogP contribution in [0.3, 0.4) is 0 Å². The molecule has 4 bridgehead atoms. The Morgan fingerprint density at radius 1 is 1.00 bits per heavy atom. The molecule has 1 N–H and O–H groups in total. The van der Waals surface area contributed by atoms with Crippen LogP contribution < -0.4 is 5.32 Å². The maximum atomic E-state index is 13.1. The second-order valence-corrected chi connectivity index (χ2v) is 7.12. The quantitative estimate of drug-likeness (QED) is 0.841. The molecule has 0 saturated heterocycles. The van der Waals surface area contributed by atoms with Crippen molar-refractivity contribution in [3.8, 4) is 0 Å². The van der Waals surface area contributed by atoms with Crippen molar-refractivity contribution in [2.75, 3.05) is 12.4 Å². The number of nitrogens with one attached hydrogen (secondary N) is 1. The Bertz CT molecular complexity index is 508. The fourth-order valence-electron chi connectivity index (χ4n) is 5.45. The molecule has 106 valence electrons. The highest BCUT2D eigenvalue weighted by Crippen LogP contribution is 2.57. The van der Waals surface area contributed by atoms with Gasteiger partial charge in [0.05, 0.1) is 0 Å². The van der Waals surface area contributed by atoms with Gasteiger partial charge in [-0.1, -0.05) is 12.1 Å². The molecule has 1 aromatic carbocycles. The van der Waals surface area contributed by atoms with Gasteiger partial charge in [0.2, 0.25) is 0 Å². The van der Waals surface area contributed by atoms with Gasteiger partial charge in [0.25, 0.3) is 0 Å². The summed E-state index contributed by atoms with van der Waals surface area (Å²) in [5.41, 5.74) is 1.90. The van der Waals surface area contributed by atoms with Gasteiger partial charge in [-0.3, -0.25) is 4.79 Å². The van der Waals surface area contributed by atoms with Crippen molar-refractivity contribution in [3.63, 3.8) is 0 Å². The molecule has 0 spiro atoms. The average molecular weight is 269 g/mol. The van der Waals surface area contributed by atoms with Crippen LogP contribution in [0.4, 0.5) is 5.69 Å². The minimum absolute atomic E-state index is 0.303. The molecule has 4 aliphatic rings. The Labute approximate surface area is 121 Å². The Morgan fingerprint density at radius 2 is 1.60 bits per heavy atom. The van der Waals surface area contributed by atoms with Crippen LogP contribution in [-0.2, 0) is 0 Å². The van der Waals surface area contributed by atoms with Crippen molar-refractivity contribution in [1.29, 1.82) is 0 Å². The molecular weight excluding hydrogens is 246 g/mol. The van der Waals surface area contributed by atoms with Crippen molar-refractivity contribution in [1.82, 2.24) is 0 Å². The summed E-state index contributed by atoms with van der Waals surface area (Å²) < 4.78 is 0. The first kappa shape index (κ1) is 12.4. The topological polar surface area (TPSA) is 29.1 Å². The van der Waals surface area contributed by atoms with Gasteiger partial charge in [-0.2, -0.15) is 0 Å². The number of rotatable bonds is 3. The number of hydrogen-bond donors (Lipinski definition) is 1. The van der Waals surface area contributed by atoms with Crippen molar-refractivity contribution in [2.45, 2.75) is 32.1 Å². The molecule has 0 radical (unpaired) electrons. The molecule has 2 heteroatoms. The lowest BCUT2D eigenvalue weighted by Gasteiger charge is -2.53. The van der Waals surface area contributed by atoms with Crippen LogP contribution >= 0.6 is 0 Å². The summed E-state index contributed by atoms with van der Waals surface area (Å²) in [5, 5.41) is 3.18. The number of hydrogen-bond acceptors (Lipinski definition) is 2. The van der Waals surface area contributed by atoms with Crippen molar-refractivity contribution < 1.29 is 4.79 Å². The molecule has 4 fully saturated rings. The molecule has 4 saturated carbocycles. The number of ketones is 1. The third-order valence-electron chi connectivity index (χ3n) is 5.99. The second kappa shape index (κ2) is 4.61. The molecule has 0 amide bonds. The first-order chi connectivity index (χ1) is 9.76. The van der Waals surface area contributed by atoms with Gasteiger partial charge < -0.3 is 5.32 Å². The molecule has 20 heavy (non-hydrogen) atoms. The number of para-hydroxylation sites is 1. The SMILES string of the molecule is CNc1ccccc1C(=O)C1C2CC3CC(C2)CC1C3. The fraction of sp³-hybridized carbons (Fsp3) is 0.611. The third kappa shape index (κ3) is 1.81. The Morgan fingerprint density at radius 3 is 2.20 bits per heavy atom. The standard InChI is InChI=1S/C18H23NO/c1-19-16-5-3-2-4-15(16)18(20)17-13-7-11-6-12(9-13)10-14(17)8-11/h2-5,11-14,17,19H,6-10H2,1H3. The van der Waals surface area contributed by atoms with Crippen LogP contribution in [0.25, 0.3) is 0 Å². The number of Topliss-reactive ketones (excluding diaryl/α,β-unsaturated/α-hetero) is 1. The monoisotopic (exact) mass is 269 g/mol. The minimum atomic E-state index is 0.303. The lowest BCUT2D eigenvalue weighted by atomic mass is 9.51. The number of carbonyl (C=O) groups is 1. The molecular formula is C18H23NO. The van der Waals surface area contributed by atoms with Crippen LogP contribution in [0.15, 0.2) is 24.3 Å². The first-order valence-corrected chi connectivity index (χ1v) is 8.07. The molecule has 0 aliphatic heterocycles. The zero-order chi connectivity index (χ0) is 13.7. The zero-order valence-electron chi connectivity index (χ0n) is 12.1. The van der Waals surface area contributed by atoms with Gasteiger partial charge >= 0.3 is 0 Å². The van der Waals surface area contributed by atoms with Gasteiger partial charge in [0.15, 0.2) is 5.78 Å². The van der Waals surface area contributed by atoms with E-state index in [0.29, 0.717) is 23.5 Å². The van der Waals surface area contributed by atoms with Crippen molar-refractivity contribution in [3.05, 3.63) is 29.8 Å². The van der Waals surface area contributed by atoms with E-state index in [0.717, 1.165) is 23.1 Å². The molecule has 0 atom stereocenters. The highest BCUT2D eigenvalue weighted by molar-refractivity contribution is 6.03. The van der Waals surface area contributed by atoms with E-state index in [1.165, 1.54) is 32.1 Å². The Kier molecular flexibility index (Phi) is 2.87. The summed E-state index contributed by atoms with van der Waals surface area (Å²) >= 11 is 0. The molecule has 5 rings (SSSR count). The molecule has 0 heterocycles. The molecule has 4 aliphatic carbocycles. The summed E-state index contributed by atoms with van der Waals surface area (Å²) in [6, 6.07) is 8.01. The molecule has 2 nitrogen and oxygen atoms in total. The van der Waals surface area contributed by atoms with Gasteiger partial charge in [0.1, 0.15) is 0 Å². The fourth-order valence-corrected chi connectivity index (χ4v) is 5.45. The lowest BCUT2D eigenvalue weighted by molar-refractivity contribution is -0.0250. The van der Waals surface area contributed by atoms with Gasteiger partial charge in [-0.05, 0) is 67.9 Å². The van der Waals surface area contributed by atoms with E-state index in [-0.39, 0.29) is 0 Å². The Balaban J connectivity index is 1.66. The molecule has 1 aromatic rings. The van der Waals surface area contributed by atoms with Crippen LogP contribution in [0.1, 0.15) is 42.5 Å². The van der Waals surface area contributed by atoms with E-state index in [1.54, 1.807) is 0 Å². The predicted octanol–water partition coefficient (Wildman–Crippen LogP) is 3.98. The summed E-state index contributed by atoms with van der Waals surface area (Å²) in [7, 11) is 1.91. The van der Waals surface area contributed by atoms with Crippen molar-refractivity contribution >= 4 is 11.5 Å². The highest BCUT2D eigenvalue weighted by Gasteiger charge is 2.50. The van der Waals surface area contributed by atoms with E-state index in [2.05, 4.69) is 5.32 Å². The molecule has 0 aromatic heterocycles.